The van der Waals surface area contributed by atoms with Crippen LogP contribution >= 0.6 is 11.6 Å². The maximum absolute atomic E-state index is 12.9. The minimum Gasteiger partial charge on any atom is -0.343 e. The number of carbonyl (C=O) groups is 2. The smallest absolute Gasteiger partial charge is 0.325 e. The predicted molar refractivity (Wildman–Crippen MR) is 128 cm³/mol. The Labute approximate surface area is 199 Å². The molecule has 2 saturated heterocycles. The average Bonchev–Trinajstić information content (AvgIpc) is 3.20. The number of nitrogens with zero attached hydrogens (tertiary/aromatic N) is 4. The number of carbonyl (C=O) groups excluding carboxylic acids is 2. The molecule has 0 saturated carbocycles. The summed E-state index contributed by atoms with van der Waals surface area (Å²) in [4.78, 5) is 35.8. The van der Waals surface area contributed by atoms with Gasteiger partial charge in [-0.25, -0.2) is 9.79 Å². The summed E-state index contributed by atoms with van der Waals surface area (Å²) in [6.07, 6.45) is 2.66. The molecule has 2 atom stereocenters. The van der Waals surface area contributed by atoms with Crippen molar-refractivity contribution in [1.29, 1.82) is 0 Å². The molecular formula is C25H28ClN5O2. The summed E-state index contributed by atoms with van der Waals surface area (Å²) >= 11 is 6.45. The summed E-state index contributed by atoms with van der Waals surface area (Å²) in [6.45, 7) is 2.20. The summed E-state index contributed by atoms with van der Waals surface area (Å²) in [6, 6.07) is 17.3. The van der Waals surface area contributed by atoms with E-state index in [2.05, 4.69) is 40.5 Å². The molecule has 33 heavy (non-hydrogen) atoms. The molecule has 7 nitrogen and oxygen atoms in total. The number of amides is 3. The second kappa shape index (κ2) is 9.06. The Hall–Kier alpha value is -3.06. The monoisotopic (exact) mass is 465 g/mol. The van der Waals surface area contributed by atoms with Gasteiger partial charge in [-0.3, -0.25) is 10.1 Å². The number of urea groups is 1. The van der Waals surface area contributed by atoms with Crippen LogP contribution in [0, 0.1) is 5.92 Å². The molecule has 0 spiro atoms. The lowest BCUT2D eigenvalue weighted by atomic mass is 9.90. The first kappa shape index (κ1) is 21.8. The number of fused-ring (bicyclic) bond motifs is 1. The van der Waals surface area contributed by atoms with Gasteiger partial charge < -0.3 is 14.7 Å². The summed E-state index contributed by atoms with van der Waals surface area (Å²) in [7, 11) is 1.69. The zero-order valence-corrected chi connectivity index (χ0v) is 19.4. The van der Waals surface area contributed by atoms with Crippen molar-refractivity contribution in [2.45, 2.75) is 38.0 Å². The molecule has 2 aromatic rings. The maximum atomic E-state index is 12.9. The van der Waals surface area contributed by atoms with Crippen LogP contribution in [0.3, 0.4) is 0 Å². The number of benzene rings is 2. The Morgan fingerprint density at radius 1 is 1.03 bits per heavy atom. The molecule has 0 bridgehead atoms. The summed E-state index contributed by atoms with van der Waals surface area (Å²) in [5, 5.41) is 3.13. The topological polar surface area (TPSA) is 68.2 Å². The van der Waals surface area contributed by atoms with E-state index in [0.29, 0.717) is 17.5 Å². The van der Waals surface area contributed by atoms with Gasteiger partial charge in [0, 0.05) is 31.7 Å². The van der Waals surface area contributed by atoms with Gasteiger partial charge in [0.25, 0.3) is 5.91 Å². The molecule has 3 aliphatic rings. The van der Waals surface area contributed by atoms with Crippen molar-refractivity contribution in [3.05, 3.63) is 70.7 Å². The molecule has 0 aromatic heterocycles. The number of halogens is 1. The molecule has 2 aromatic carbocycles. The number of imide groups is 1. The predicted octanol–water partition coefficient (Wildman–Crippen LogP) is 3.34. The highest BCUT2D eigenvalue weighted by atomic mass is 35.5. The van der Waals surface area contributed by atoms with Crippen LogP contribution in [0.5, 0.6) is 0 Å². The van der Waals surface area contributed by atoms with Gasteiger partial charge in [-0.2, -0.15) is 0 Å². The van der Waals surface area contributed by atoms with Crippen molar-refractivity contribution < 1.29 is 9.59 Å². The van der Waals surface area contributed by atoms with Gasteiger partial charge in [-0.1, -0.05) is 60.1 Å². The molecule has 0 radical (unpaired) electrons. The Morgan fingerprint density at radius 2 is 1.73 bits per heavy atom. The molecule has 172 valence electrons. The Kier molecular flexibility index (Phi) is 5.98. The van der Waals surface area contributed by atoms with E-state index in [4.69, 9.17) is 16.6 Å². The first-order valence-corrected chi connectivity index (χ1v) is 11.8. The van der Waals surface area contributed by atoms with E-state index in [1.807, 2.05) is 29.2 Å². The van der Waals surface area contributed by atoms with Gasteiger partial charge >= 0.3 is 6.03 Å². The molecule has 8 heteroatoms. The summed E-state index contributed by atoms with van der Waals surface area (Å²) in [5.74, 6) is 1.09. The normalized spacial score (nSPS) is 23.5. The van der Waals surface area contributed by atoms with E-state index < -0.39 is 18.2 Å². The highest BCUT2D eigenvalue weighted by Crippen LogP contribution is 2.31. The molecule has 5 rings (SSSR count). The Bertz CT molecular complexity index is 1070. The number of guanidine groups is 1. The molecule has 1 N–H and O–H groups in total. The van der Waals surface area contributed by atoms with Gasteiger partial charge in [0.15, 0.2) is 18.2 Å². The van der Waals surface area contributed by atoms with E-state index in [-0.39, 0.29) is 5.91 Å². The van der Waals surface area contributed by atoms with Crippen molar-refractivity contribution in [2.75, 3.05) is 20.1 Å². The van der Waals surface area contributed by atoms with Crippen LogP contribution in [-0.2, 0) is 17.8 Å². The highest BCUT2D eigenvalue weighted by Gasteiger charge is 2.50. The molecule has 2 unspecified atom stereocenters. The van der Waals surface area contributed by atoms with Crippen molar-refractivity contribution >= 4 is 29.5 Å². The number of rotatable bonds is 4. The van der Waals surface area contributed by atoms with Crippen LogP contribution in [0.1, 0.15) is 24.0 Å². The number of hydrogen-bond donors (Lipinski definition) is 1. The van der Waals surface area contributed by atoms with Crippen LogP contribution in [0.15, 0.2) is 59.6 Å². The quantitative estimate of drug-likeness (QED) is 0.752. The second-order valence-electron chi connectivity index (χ2n) is 9.03. The van der Waals surface area contributed by atoms with E-state index in [1.54, 1.807) is 7.05 Å². The third kappa shape index (κ3) is 4.29. The largest absolute Gasteiger partial charge is 0.343 e. The lowest BCUT2D eigenvalue weighted by Crippen LogP contribution is -2.64. The van der Waals surface area contributed by atoms with Crippen LogP contribution in [0.2, 0.25) is 5.02 Å². The third-order valence-corrected chi connectivity index (χ3v) is 7.27. The van der Waals surface area contributed by atoms with E-state index >= 15 is 0 Å². The van der Waals surface area contributed by atoms with Crippen LogP contribution in [-0.4, -0.2) is 64.9 Å². The van der Waals surface area contributed by atoms with Gasteiger partial charge in [0.1, 0.15) is 0 Å². The van der Waals surface area contributed by atoms with Gasteiger partial charge in [0.2, 0.25) is 0 Å². The van der Waals surface area contributed by atoms with Crippen LogP contribution in [0.25, 0.3) is 0 Å². The lowest BCUT2D eigenvalue weighted by Gasteiger charge is -2.39. The van der Waals surface area contributed by atoms with Crippen molar-refractivity contribution in [2.24, 2.45) is 10.9 Å². The van der Waals surface area contributed by atoms with Crippen LogP contribution in [0.4, 0.5) is 4.79 Å². The number of piperidine rings is 1. The fourth-order valence-electron chi connectivity index (χ4n) is 5.04. The number of nitrogens with one attached hydrogen (secondary N) is 1. The third-order valence-electron chi connectivity index (χ3n) is 6.90. The second-order valence-corrected chi connectivity index (χ2v) is 9.44. The molecule has 2 fully saturated rings. The first-order valence-electron chi connectivity index (χ1n) is 11.5. The first-order chi connectivity index (χ1) is 16.0. The minimum atomic E-state index is -0.569. The zero-order chi connectivity index (χ0) is 22.9. The SMILES string of the molecule is CN1C(=O)NC(=O)C2C1N=C(N1CCC(Cc3ccccc3)CC1)N2Cc1ccccc1Cl. The van der Waals surface area contributed by atoms with Crippen molar-refractivity contribution in [3.8, 4) is 0 Å². The van der Waals surface area contributed by atoms with E-state index in [0.717, 1.165) is 43.9 Å². The number of hydrogen-bond acceptors (Lipinski definition) is 5. The molecule has 0 aliphatic carbocycles. The van der Waals surface area contributed by atoms with Gasteiger partial charge in [0.05, 0.1) is 0 Å². The summed E-state index contributed by atoms with van der Waals surface area (Å²) in [5.41, 5.74) is 2.30. The van der Waals surface area contributed by atoms with E-state index in [1.165, 1.54) is 10.5 Å². The molecule has 3 heterocycles. The Morgan fingerprint density at radius 3 is 2.45 bits per heavy atom. The number of aliphatic imine (C=N–C) groups is 1. The lowest BCUT2D eigenvalue weighted by molar-refractivity contribution is -0.127. The fraction of sp³-hybridized carbons (Fsp3) is 0.400. The maximum Gasteiger partial charge on any atom is 0.325 e. The number of likely N-dealkylation sites (N-methyl/N-ethyl adjacent to an activating group) is 1. The summed E-state index contributed by atoms with van der Waals surface area (Å²) < 4.78 is 0. The molecule has 3 aliphatic heterocycles. The van der Waals surface area contributed by atoms with Crippen molar-refractivity contribution in [1.82, 2.24) is 20.0 Å². The van der Waals surface area contributed by atoms with Gasteiger partial charge in [-0.15, -0.1) is 0 Å². The number of likely N-dealkylation sites (tertiary alicyclic amines) is 1. The molecular weight excluding hydrogens is 438 g/mol. The van der Waals surface area contributed by atoms with Crippen LogP contribution < -0.4 is 5.32 Å². The minimum absolute atomic E-state index is 0.312. The van der Waals surface area contributed by atoms with Crippen molar-refractivity contribution in [3.63, 3.8) is 0 Å². The molecule has 3 amide bonds. The fourth-order valence-corrected chi connectivity index (χ4v) is 5.23. The van der Waals surface area contributed by atoms with Gasteiger partial charge in [-0.05, 0) is 42.4 Å². The zero-order valence-electron chi connectivity index (χ0n) is 18.7. The standard InChI is InChI=1S/C25H28ClN5O2/c1-29-22-21(23(32)28-25(29)33)31(16-19-9-5-6-10-20(19)26)24(27-22)30-13-11-18(12-14-30)15-17-7-3-2-4-8-17/h2-10,18,21-22H,11-16H2,1H3,(H,28,32,33). The average molecular weight is 466 g/mol. The van der Waals surface area contributed by atoms with E-state index in [9.17, 15) is 9.59 Å². The Balaban J connectivity index is 1.36. The highest BCUT2D eigenvalue weighted by molar-refractivity contribution is 6.31.